The number of hydrogen-bond acceptors (Lipinski definition) is 4. The number of aromatic carboxylic acids is 1. The fourth-order valence-electron chi connectivity index (χ4n) is 1.66. The Morgan fingerprint density at radius 1 is 1.40 bits per heavy atom. The van der Waals surface area contributed by atoms with Crippen molar-refractivity contribution in [3.05, 3.63) is 29.3 Å². The second kappa shape index (κ2) is 6.83. The lowest BCUT2D eigenvalue weighted by atomic mass is 10.1. The van der Waals surface area contributed by atoms with E-state index >= 15 is 0 Å². The molecule has 3 N–H and O–H groups in total. The third-order valence-corrected chi connectivity index (χ3v) is 4.57. The predicted octanol–water partition coefficient (Wildman–Crippen LogP) is 1.13. The minimum absolute atomic E-state index is 0.0524. The smallest absolute Gasteiger partial charge is 0.335 e. The zero-order chi connectivity index (χ0) is 15.3. The number of hydrogen-bond donors (Lipinski definition) is 3. The van der Waals surface area contributed by atoms with Gasteiger partial charge in [0, 0.05) is 6.54 Å². The van der Waals surface area contributed by atoms with Gasteiger partial charge in [-0.3, -0.25) is 0 Å². The van der Waals surface area contributed by atoms with Crippen molar-refractivity contribution in [1.29, 1.82) is 0 Å². The van der Waals surface area contributed by atoms with Crippen molar-refractivity contribution in [3.8, 4) is 0 Å². The first-order valence-corrected chi connectivity index (χ1v) is 7.78. The summed E-state index contributed by atoms with van der Waals surface area (Å²) >= 11 is 0. The van der Waals surface area contributed by atoms with Crippen molar-refractivity contribution in [2.45, 2.75) is 37.7 Å². The quantitative estimate of drug-likeness (QED) is 0.700. The molecule has 0 spiro atoms. The van der Waals surface area contributed by atoms with Crippen LogP contribution in [0.2, 0.25) is 0 Å². The predicted molar refractivity (Wildman–Crippen MR) is 74.2 cm³/mol. The van der Waals surface area contributed by atoms with Crippen LogP contribution >= 0.6 is 0 Å². The van der Waals surface area contributed by atoms with E-state index in [-0.39, 0.29) is 17.0 Å². The summed E-state index contributed by atoms with van der Waals surface area (Å²) in [5.74, 6) is -1.18. The standard InChI is InChI=1S/C13H19NO5S/c1-3-11(15)6-7-14-20(18,19)12-8-10(13(16)17)5-4-9(12)2/h4-5,8,11,14-15H,3,6-7H2,1-2H3,(H,16,17). The molecule has 0 aliphatic carbocycles. The fourth-order valence-corrected chi connectivity index (χ4v) is 2.98. The molecule has 112 valence electrons. The number of aliphatic hydroxyl groups is 1. The highest BCUT2D eigenvalue weighted by Gasteiger charge is 2.18. The lowest BCUT2D eigenvalue weighted by Gasteiger charge is -2.11. The van der Waals surface area contributed by atoms with Crippen LogP contribution in [0.5, 0.6) is 0 Å². The van der Waals surface area contributed by atoms with Crippen molar-refractivity contribution in [2.75, 3.05) is 6.54 Å². The van der Waals surface area contributed by atoms with Gasteiger partial charge in [0.25, 0.3) is 0 Å². The van der Waals surface area contributed by atoms with Crippen molar-refractivity contribution in [3.63, 3.8) is 0 Å². The molecule has 1 aromatic carbocycles. The van der Waals surface area contributed by atoms with Crippen LogP contribution in [0.15, 0.2) is 23.1 Å². The van der Waals surface area contributed by atoms with Gasteiger partial charge in [-0.2, -0.15) is 0 Å². The van der Waals surface area contributed by atoms with Crippen LogP contribution in [0.3, 0.4) is 0 Å². The molecule has 0 saturated carbocycles. The van der Waals surface area contributed by atoms with E-state index in [9.17, 15) is 18.3 Å². The number of aliphatic hydroxyl groups excluding tert-OH is 1. The number of carboxylic acid groups (broad SMARTS) is 1. The van der Waals surface area contributed by atoms with E-state index in [2.05, 4.69) is 4.72 Å². The van der Waals surface area contributed by atoms with Gasteiger partial charge in [-0.05, 0) is 37.5 Å². The summed E-state index contributed by atoms with van der Waals surface area (Å²) < 4.78 is 26.6. The molecule has 0 radical (unpaired) electrons. The van der Waals surface area contributed by atoms with E-state index in [1.807, 2.05) is 0 Å². The minimum atomic E-state index is -3.78. The molecule has 7 heteroatoms. The largest absolute Gasteiger partial charge is 0.478 e. The molecular formula is C13H19NO5S. The summed E-state index contributed by atoms with van der Waals surface area (Å²) in [6, 6.07) is 3.95. The third-order valence-electron chi connectivity index (χ3n) is 2.97. The Morgan fingerprint density at radius 3 is 2.60 bits per heavy atom. The van der Waals surface area contributed by atoms with Gasteiger partial charge in [0.1, 0.15) is 0 Å². The lowest BCUT2D eigenvalue weighted by Crippen LogP contribution is -2.28. The first kappa shape index (κ1) is 16.6. The van der Waals surface area contributed by atoms with Gasteiger partial charge in [0.15, 0.2) is 0 Å². The fraction of sp³-hybridized carbons (Fsp3) is 0.462. The first-order chi connectivity index (χ1) is 9.27. The number of rotatable bonds is 7. The average Bonchev–Trinajstić information content (AvgIpc) is 2.38. The summed E-state index contributed by atoms with van der Waals surface area (Å²) in [7, 11) is -3.78. The van der Waals surface area contributed by atoms with Crippen LogP contribution in [0.4, 0.5) is 0 Å². The second-order valence-electron chi connectivity index (χ2n) is 4.53. The normalized spacial score (nSPS) is 13.2. The molecule has 1 atom stereocenters. The number of carboxylic acids is 1. The molecule has 0 aliphatic heterocycles. The van der Waals surface area contributed by atoms with Gasteiger partial charge in [-0.15, -0.1) is 0 Å². The topological polar surface area (TPSA) is 104 Å². The maximum Gasteiger partial charge on any atom is 0.335 e. The van der Waals surface area contributed by atoms with Crippen LogP contribution in [0, 0.1) is 6.92 Å². The molecule has 1 rings (SSSR count). The average molecular weight is 301 g/mol. The van der Waals surface area contributed by atoms with Crippen LogP contribution in [-0.2, 0) is 10.0 Å². The number of aryl methyl sites for hydroxylation is 1. The molecule has 0 fully saturated rings. The van der Waals surface area contributed by atoms with Gasteiger partial charge in [0.05, 0.1) is 16.6 Å². The van der Waals surface area contributed by atoms with E-state index in [0.717, 1.165) is 6.07 Å². The Balaban J connectivity index is 2.92. The Hall–Kier alpha value is -1.44. The number of nitrogens with one attached hydrogen (secondary N) is 1. The summed E-state index contributed by atoms with van der Waals surface area (Å²) in [6.45, 7) is 3.51. The van der Waals surface area contributed by atoms with Crippen LogP contribution in [-0.4, -0.2) is 37.2 Å². The van der Waals surface area contributed by atoms with E-state index in [4.69, 9.17) is 5.11 Å². The Morgan fingerprint density at radius 2 is 2.05 bits per heavy atom. The van der Waals surface area contributed by atoms with Gasteiger partial charge in [0.2, 0.25) is 10.0 Å². The summed E-state index contributed by atoms with van der Waals surface area (Å²) in [4.78, 5) is 10.8. The molecule has 1 aromatic rings. The second-order valence-corrected chi connectivity index (χ2v) is 6.27. The van der Waals surface area contributed by atoms with Gasteiger partial charge in [-0.25, -0.2) is 17.9 Å². The molecule has 20 heavy (non-hydrogen) atoms. The number of sulfonamides is 1. The highest BCUT2D eigenvalue weighted by Crippen LogP contribution is 2.17. The van der Waals surface area contributed by atoms with Gasteiger partial charge >= 0.3 is 5.97 Å². The summed E-state index contributed by atoms with van der Waals surface area (Å²) in [5, 5.41) is 18.3. The van der Waals surface area contributed by atoms with Crippen molar-refractivity contribution < 1.29 is 23.4 Å². The highest BCUT2D eigenvalue weighted by molar-refractivity contribution is 7.89. The lowest BCUT2D eigenvalue weighted by molar-refractivity contribution is 0.0696. The number of benzene rings is 1. The zero-order valence-corrected chi connectivity index (χ0v) is 12.3. The maximum absolute atomic E-state index is 12.1. The maximum atomic E-state index is 12.1. The van der Waals surface area contributed by atoms with E-state index in [1.54, 1.807) is 13.8 Å². The monoisotopic (exact) mass is 301 g/mol. The van der Waals surface area contributed by atoms with Crippen molar-refractivity contribution in [1.82, 2.24) is 4.72 Å². The van der Waals surface area contributed by atoms with Gasteiger partial charge < -0.3 is 10.2 Å². The van der Waals surface area contributed by atoms with E-state index in [1.165, 1.54) is 12.1 Å². The Labute approximate surface area is 118 Å². The minimum Gasteiger partial charge on any atom is -0.478 e. The summed E-state index contributed by atoms with van der Waals surface area (Å²) in [6.07, 6.45) is 0.312. The van der Waals surface area contributed by atoms with Crippen LogP contribution in [0.1, 0.15) is 35.7 Å². The summed E-state index contributed by atoms with van der Waals surface area (Å²) in [5.41, 5.74) is 0.392. The van der Waals surface area contributed by atoms with E-state index in [0.29, 0.717) is 18.4 Å². The highest BCUT2D eigenvalue weighted by atomic mass is 32.2. The van der Waals surface area contributed by atoms with Crippen LogP contribution in [0.25, 0.3) is 0 Å². The molecule has 0 saturated heterocycles. The SMILES string of the molecule is CCC(O)CCNS(=O)(=O)c1cc(C(=O)O)ccc1C. The first-order valence-electron chi connectivity index (χ1n) is 6.29. The molecule has 6 nitrogen and oxygen atoms in total. The van der Waals surface area contributed by atoms with Crippen molar-refractivity contribution >= 4 is 16.0 Å². The molecule has 0 bridgehead atoms. The van der Waals surface area contributed by atoms with Gasteiger partial charge in [-0.1, -0.05) is 13.0 Å². The molecule has 0 aliphatic rings. The Bertz CT molecular complexity index is 582. The van der Waals surface area contributed by atoms with Crippen LogP contribution < -0.4 is 4.72 Å². The Kier molecular flexibility index (Phi) is 5.67. The molecular weight excluding hydrogens is 282 g/mol. The molecule has 0 amide bonds. The zero-order valence-electron chi connectivity index (χ0n) is 11.5. The van der Waals surface area contributed by atoms with E-state index < -0.39 is 22.1 Å². The molecule has 1 unspecified atom stereocenters. The third kappa shape index (κ3) is 4.29. The number of carbonyl (C=O) groups is 1. The molecule has 0 heterocycles. The molecule has 0 aromatic heterocycles. The van der Waals surface area contributed by atoms with Crippen molar-refractivity contribution in [2.24, 2.45) is 0 Å².